The minimum absolute atomic E-state index is 0.00813. The largest absolute Gasteiger partial charge is 0.493 e. The summed E-state index contributed by atoms with van der Waals surface area (Å²) < 4.78 is 10.5. The van der Waals surface area contributed by atoms with Crippen molar-refractivity contribution in [3.63, 3.8) is 0 Å². The summed E-state index contributed by atoms with van der Waals surface area (Å²) in [7, 11) is 3.14. The second-order valence-electron chi connectivity index (χ2n) is 5.72. The van der Waals surface area contributed by atoms with E-state index in [1.165, 1.54) is 6.20 Å². The summed E-state index contributed by atoms with van der Waals surface area (Å²) in [6.07, 6.45) is 4.73. The van der Waals surface area contributed by atoms with E-state index in [9.17, 15) is 10.1 Å². The first kappa shape index (κ1) is 19.8. The molecule has 1 atom stereocenters. The van der Waals surface area contributed by atoms with Gasteiger partial charge in [-0.3, -0.25) is 9.78 Å². The van der Waals surface area contributed by atoms with Crippen LogP contribution >= 0.6 is 0 Å². The van der Waals surface area contributed by atoms with Gasteiger partial charge in [0.25, 0.3) is 5.91 Å². The van der Waals surface area contributed by atoms with Crippen LogP contribution in [0.5, 0.6) is 11.5 Å². The lowest BCUT2D eigenvalue weighted by Crippen LogP contribution is -2.25. The highest BCUT2D eigenvalue weighted by atomic mass is 16.5. The predicted molar refractivity (Wildman–Crippen MR) is 101 cm³/mol. The Kier molecular flexibility index (Phi) is 7.20. The van der Waals surface area contributed by atoms with Crippen LogP contribution < -0.4 is 20.1 Å². The predicted octanol–water partition coefficient (Wildman–Crippen LogP) is 2.47. The Hall–Kier alpha value is -3.53. The van der Waals surface area contributed by atoms with Crippen molar-refractivity contribution in [3.05, 3.63) is 65.6 Å². The average molecular weight is 366 g/mol. The quantitative estimate of drug-likeness (QED) is 0.550. The van der Waals surface area contributed by atoms with Gasteiger partial charge in [0.1, 0.15) is 11.6 Å². The van der Waals surface area contributed by atoms with Gasteiger partial charge in [0, 0.05) is 31.2 Å². The van der Waals surface area contributed by atoms with Gasteiger partial charge in [-0.1, -0.05) is 12.1 Å². The van der Waals surface area contributed by atoms with Crippen LogP contribution in [-0.2, 0) is 11.3 Å². The zero-order valence-corrected chi connectivity index (χ0v) is 15.5. The van der Waals surface area contributed by atoms with E-state index in [0.717, 1.165) is 11.1 Å². The minimum atomic E-state index is -0.451. The third-order valence-electron chi connectivity index (χ3n) is 3.93. The van der Waals surface area contributed by atoms with Crippen LogP contribution in [0.2, 0.25) is 0 Å². The molecule has 1 amide bonds. The molecule has 140 valence electrons. The molecule has 0 spiro atoms. The molecule has 1 aromatic heterocycles. The van der Waals surface area contributed by atoms with E-state index in [1.807, 2.05) is 37.3 Å². The highest BCUT2D eigenvalue weighted by molar-refractivity contribution is 5.97. The molecule has 0 aliphatic heterocycles. The van der Waals surface area contributed by atoms with Crippen molar-refractivity contribution in [2.45, 2.75) is 19.5 Å². The number of nitrogens with zero attached hydrogens (tertiary/aromatic N) is 2. The number of aromatic nitrogens is 1. The molecule has 0 saturated carbocycles. The summed E-state index contributed by atoms with van der Waals surface area (Å²) in [5.74, 6) is 0.798. The van der Waals surface area contributed by atoms with Gasteiger partial charge in [-0.2, -0.15) is 5.26 Å². The number of carbonyl (C=O) groups excluding carboxylic acids is 1. The Morgan fingerprint density at radius 3 is 2.70 bits per heavy atom. The third-order valence-corrected chi connectivity index (χ3v) is 3.93. The Bertz CT molecular complexity index is 844. The lowest BCUT2D eigenvalue weighted by Gasteiger charge is -2.15. The first-order valence-corrected chi connectivity index (χ1v) is 8.34. The molecule has 0 aliphatic carbocycles. The molecular weight excluding hydrogens is 344 g/mol. The number of amides is 1. The summed E-state index contributed by atoms with van der Waals surface area (Å²) in [6, 6.07) is 11.0. The van der Waals surface area contributed by atoms with Crippen LogP contribution in [0, 0.1) is 11.3 Å². The standard InChI is InChI=1S/C20H22N4O3/c1-14(16-6-7-18(26-2)19(9-16)27-3)23-13-17(10-21)20(25)24-12-15-5-4-8-22-11-15/h4-9,11,13-14,23H,12H2,1-3H3,(H,24,25)/b17-13-. The fourth-order valence-electron chi connectivity index (χ4n) is 2.36. The summed E-state index contributed by atoms with van der Waals surface area (Å²) in [6.45, 7) is 2.22. The monoisotopic (exact) mass is 366 g/mol. The van der Waals surface area contributed by atoms with Crippen molar-refractivity contribution in [2.75, 3.05) is 14.2 Å². The van der Waals surface area contributed by atoms with Gasteiger partial charge in [-0.05, 0) is 36.2 Å². The van der Waals surface area contributed by atoms with Crippen molar-refractivity contribution in [2.24, 2.45) is 0 Å². The van der Waals surface area contributed by atoms with Gasteiger partial charge in [0.05, 0.1) is 14.2 Å². The first-order chi connectivity index (χ1) is 13.1. The minimum Gasteiger partial charge on any atom is -0.493 e. The van der Waals surface area contributed by atoms with Gasteiger partial charge in [0.15, 0.2) is 11.5 Å². The lowest BCUT2D eigenvalue weighted by molar-refractivity contribution is -0.117. The molecule has 0 saturated heterocycles. The second-order valence-corrected chi connectivity index (χ2v) is 5.72. The number of nitrogens with one attached hydrogen (secondary N) is 2. The van der Waals surface area contributed by atoms with Crippen LogP contribution in [0.25, 0.3) is 0 Å². The molecule has 0 aliphatic rings. The molecule has 7 heteroatoms. The summed E-state index contributed by atoms with van der Waals surface area (Å²) in [5, 5.41) is 15.0. The number of pyridine rings is 1. The highest BCUT2D eigenvalue weighted by Gasteiger charge is 2.12. The van der Waals surface area contributed by atoms with Crippen LogP contribution in [0.4, 0.5) is 0 Å². The van der Waals surface area contributed by atoms with Crippen molar-refractivity contribution >= 4 is 5.91 Å². The Balaban J connectivity index is 2.01. The van der Waals surface area contributed by atoms with Gasteiger partial charge in [0.2, 0.25) is 0 Å². The van der Waals surface area contributed by atoms with E-state index in [2.05, 4.69) is 15.6 Å². The van der Waals surface area contributed by atoms with Crippen molar-refractivity contribution in [1.29, 1.82) is 5.26 Å². The summed E-state index contributed by atoms with van der Waals surface area (Å²) in [5.41, 5.74) is 1.78. The van der Waals surface area contributed by atoms with E-state index >= 15 is 0 Å². The third kappa shape index (κ3) is 5.47. The highest BCUT2D eigenvalue weighted by Crippen LogP contribution is 2.29. The van der Waals surface area contributed by atoms with Crippen LogP contribution in [0.3, 0.4) is 0 Å². The van der Waals surface area contributed by atoms with Crippen molar-refractivity contribution < 1.29 is 14.3 Å². The fraction of sp³-hybridized carbons (Fsp3) is 0.250. The first-order valence-electron chi connectivity index (χ1n) is 8.34. The molecule has 1 heterocycles. The maximum atomic E-state index is 12.2. The zero-order chi connectivity index (χ0) is 19.6. The van der Waals surface area contributed by atoms with E-state index in [1.54, 1.807) is 32.7 Å². The lowest BCUT2D eigenvalue weighted by atomic mass is 10.1. The molecule has 0 fully saturated rings. The molecular formula is C20H22N4O3. The number of nitriles is 1. The normalized spacial score (nSPS) is 11.9. The van der Waals surface area contributed by atoms with Crippen molar-refractivity contribution in [3.8, 4) is 17.6 Å². The number of rotatable bonds is 8. The van der Waals surface area contributed by atoms with Crippen LogP contribution in [0.15, 0.2) is 54.5 Å². The molecule has 1 aromatic carbocycles. The van der Waals surface area contributed by atoms with E-state index in [-0.39, 0.29) is 11.6 Å². The van der Waals surface area contributed by atoms with E-state index in [4.69, 9.17) is 9.47 Å². The molecule has 27 heavy (non-hydrogen) atoms. The Morgan fingerprint density at radius 1 is 1.30 bits per heavy atom. The molecule has 0 radical (unpaired) electrons. The number of hydrogen-bond acceptors (Lipinski definition) is 6. The van der Waals surface area contributed by atoms with Crippen molar-refractivity contribution in [1.82, 2.24) is 15.6 Å². The fourth-order valence-corrected chi connectivity index (χ4v) is 2.36. The number of benzene rings is 1. The smallest absolute Gasteiger partial charge is 0.263 e. The molecule has 2 rings (SSSR count). The average Bonchev–Trinajstić information content (AvgIpc) is 2.72. The van der Waals surface area contributed by atoms with Crippen LogP contribution in [0.1, 0.15) is 24.1 Å². The topological polar surface area (TPSA) is 96.3 Å². The molecule has 7 nitrogen and oxygen atoms in total. The van der Waals surface area contributed by atoms with E-state index < -0.39 is 5.91 Å². The number of ether oxygens (including phenoxy) is 2. The van der Waals surface area contributed by atoms with Gasteiger partial charge in [-0.25, -0.2) is 0 Å². The van der Waals surface area contributed by atoms with Crippen LogP contribution in [-0.4, -0.2) is 25.1 Å². The maximum absolute atomic E-state index is 12.2. The molecule has 0 bridgehead atoms. The Morgan fingerprint density at radius 2 is 2.07 bits per heavy atom. The zero-order valence-electron chi connectivity index (χ0n) is 15.5. The molecule has 2 aromatic rings. The van der Waals surface area contributed by atoms with Gasteiger partial charge in [-0.15, -0.1) is 0 Å². The number of methoxy groups -OCH3 is 2. The SMILES string of the molecule is COc1ccc(C(C)N/C=C(/C#N)C(=O)NCc2cccnc2)cc1OC. The number of hydrogen-bond donors (Lipinski definition) is 2. The van der Waals surface area contributed by atoms with Gasteiger partial charge < -0.3 is 20.1 Å². The van der Waals surface area contributed by atoms with Gasteiger partial charge >= 0.3 is 0 Å². The summed E-state index contributed by atoms with van der Waals surface area (Å²) >= 11 is 0. The Labute approximate surface area is 158 Å². The number of carbonyl (C=O) groups is 1. The molecule has 2 N–H and O–H groups in total. The molecule has 1 unspecified atom stereocenters. The summed E-state index contributed by atoms with van der Waals surface area (Å²) in [4.78, 5) is 16.2. The van der Waals surface area contributed by atoms with E-state index in [0.29, 0.717) is 18.0 Å². The maximum Gasteiger partial charge on any atom is 0.263 e. The second kappa shape index (κ2) is 9.82.